The smallest absolute Gasteiger partial charge is 0.417 e. The Morgan fingerprint density at radius 2 is 1.77 bits per heavy atom. The summed E-state index contributed by atoms with van der Waals surface area (Å²) in [5.74, 6) is 0.788. The van der Waals surface area contributed by atoms with Crippen molar-refractivity contribution in [3.63, 3.8) is 0 Å². The molecule has 20 heteroatoms. The van der Waals surface area contributed by atoms with Gasteiger partial charge in [-0.2, -0.15) is 31.4 Å². The number of ether oxygens (including phenoxy) is 2. The highest BCUT2D eigenvalue weighted by atomic mass is 19.4. The van der Waals surface area contributed by atoms with Crippen molar-refractivity contribution in [2.75, 3.05) is 60.7 Å². The number of carbonyl (C=O) groups excluding carboxylic acids is 1. The number of nitrogens with one attached hydrogen (secondary N) is 1. The molecule has 0 saturated carbocycles. The van der Waals surface area contributed by atoms with Crippen LogP contribution < -0.4 is 25.0 Å². The minimum Gasteiger partial charge on any atom is -0.489 e. The Morgan fingerprint density at radius 3 is 2.46 bits per heavy atom. The van der Waals surface area contributed by atoms with E-state index in [1.165, 1.54) is 18.5 Å². The first-order valence-electron chi connectivity index (χ1n) is 18.3. The third-order valence-electron chi connectivity index (χ3n) is 9.92. The molecule has 0 radical (unpaired) electrons. The molecule has 1 amide bonds. The Kier molecular flexibility index (Phi) is 10.8. The second-order valence-corrected chi connectivity index (χ2v) is 13.5. The average molecular weight is 801 g/mol. The lowest BCUT2D eigenvalue weighted by Gasteiger charge is -2.39. The zero-order chi connectivity index (χ0) is 40.6. The van der Waals surface area contributed by atoms with Gasteiger partial charge in [-0.1, -0.05) is 6.92 Å². The predicted molar refractivity (Wildman–Crippen MR) is 197 cm³/mol. The molecule has 4 aromatic heterocycles. The number of carbonyl (C=O) groups is 1. The van der Waals surface area contributed by atoms with Crippen LogP contribution in [0.3, 0.4) is 0 Å². The van der Waals surface area contributed by atoms with Crippen molar-refractivity contribution < 1.29 is 40.6 Å². The van der Waals surface area contributed by atoms with Crippen LogP contribution in [-0.4, -0.2) is 98.8 Å². The van der Waals surface area contributed by atoms with E-state index in [1.807, 2.05) is 19.9 Å². The minimum atomic E-state index is -4.98. The standard InChI is InChI=1S/C37H38F6N10O4/c1-4-22-18-57-32-28(53(22)19-36(38,39)40)10-9-27-31(32)24(37(41,42)43)15-29(54)52(27)11-6-13-56-14-12-50-17-30(55)51(5-2)35-34(50)44-16-26(48-35)23-7-8-25(47-21(23)3)33-45-20-46-49-33/h7-10,15-16,20,22H,4-6,11-14,17-19H2,1-3H3,(H,45,46,49)/t22-/m1/s1. The number of aromatic amines is 1. The van der Waals surface area contributed by atoms with E-state index in [9.17, 15) is 35.9 Å². The third-order valence-corrected chi connectivity index (χ3v) is 9.92. The quantitative estimate of drug-likeness (QED) is 0.121. The monoisotopic (exact) mass is 800 g/mol. The zero-order valence-corrected chi connectivity index (χ0v) is 31.1. The van der Waals surface area contributed by atoms with Crippen LogP contribution in [0.5, 0.6) is 5.75 Å². The van der Waals surface area contributed by atoms with Crippen molar-refractivity contribution in [2.24, 2.45) is 0 Å². The molecule has 0 spiro atoms. The number of pyridine rings is 2. The van der Waals surface area contributed by atoms with Gasteiger partial charge in [0.05, 0.1) is 53.2 Å². The van der Waals surface area contributed by atoms with Crippen molar-refractivity contribution in [3.8, 4) is 28.5 Å². The summed E-state index contributed by atoms with van der Waals surface area (Å²) in [7, 11) is 0. The molecule has 1 aromatic carbocycles. The number of alkyl halides is 6. The van der Waals surface area contributed by atoms with Gasteiger partial charge in [0.25, 0.3) is 5.56 Å². The Morgan fingerprint density at radius 1 is 0.965 bits per heavy atom. The maximum Gasteiger partial charge on any atom is 0.417 e. The number of likely N-dealkylation sites (N-methyl/N-ethyl adjacent to an activating group) is 1. The number of halogens is 6. The molecule has 2 aliphatic heterocycles. The third kappa shape index (κ3) is 7.94. The van der Waals surface area contributed by atoms with Gasteiger partial charge in [-0.15, -0.1) is 0 Å². The number of rotatable bonds is 12. The first-order chi connectivity index (χ1) is 27.2. The lowest BCUT2D eigenvalue weighted by molar-refractivity contribution is -0.136. The molecule has 5 aromatic rings. The van der Waals surface area contributed by atoms with E-state index in [2.05, 4.69) is 25.1 Å². The van der Waals surface area contributed by atoms with Crippen LogP contribution >= 0.6 is 0 Å². The summed E-state index contributed by atoms with van der Waals surface area (Å²) < 4.78 is 96.4. The number of H-pyrrole nitrogens is 1. The van der Waals surface area contributed by atoms with Gasteiger partial charge < -0.3 is 23.8 Å². The first kappa shape index (κ1) is 39.4. The number of hydrogen-bond donors (Lipinski definition) is 1. The van der Waals surface area contributed by atoms with E-state index in [1.54, 1.807) is 29.0 Å². The van der Waals surface area contributed by atoms with Crippen LogP contribution in [0.4, 0.5) is 43.7 Å². The Hall–Kier alpha value is -5.79. The van der Waals surface area contributed by atoms with Gasteiger partial charge in [-0.3, -0.25) is 19.6 Å². The maximum atomic E-state index is 14.3. The molecule has 0 bridgehead atoms. The van der Waals surface area contributed by atoms with Crippen LogP contribution in [0, 0.1) is 6.92 Å². The van der Waals surface area contributed by atoms with Crippen LogP contribution in [0.1, 0.15) is 37.9 Å². The number of aromatic nitrogens is 7. The highest BCUT2D eigenvalue weighted by Crippen LogP contribution is 2.46. The van der Waals surface area contributed by atoms with Crippen LogP contribution in [0.25, 0.3) is 33.7 Å². The molecule has 57 heavy (non-hydrogen) atoms. The SMILES string of the molecule is CC[C@@H]1COc2c(ccc3c2c(C(F)(F)F)cc(=O)n3CCCOCCN2CC(=O)N(CC)c3nc(-c4ccc(-c5nc[nH]n5)nc4C)cnc32)N1CC(F)(F)F. The van der Waals surface area contributed by atoms with E-state index in [4.69, 9.17) is 14.5 Å². The predicted octanol–water partition coefficient (Wildman–Crippen LogP) is 5.79. The molecular weight excluding hydrogens is 762 g/mol. The molecule has 0 fully saturated rings. The number of fused-ring (bicyclic) bond motifs is 4. The van der Waals surface area contributed by atoms with Crippen LogP contribution in [0.2, 0.25) is 0 Å². The lowest BCUT2D eigenvalue weighted by atomic mass is 10.0. The van der Waals surface area contributed by atoms with E-state index in [0.717, 1.165) is 15.0 Å². The number of nitrogens with zero attached hydrogens (tertiary/aromatic N) is 9. The van der Waals surface area contributed by atoms with Gasteiger partial charge in [0, 0.05) is 43.6 Å². The molecule has 0 aliphatic carbocycles. The molecule has 2 aliphatic rings. The summed E-state index contributed by atoms with van der Waals surface area (Å²) in [4.78, 5) is 48.8. The summed E-state index contributed by atoms with van der Waals surface area (Å²) >= 11 is 0. The van der Waals surface area contributed by atoms with Gasteiger partial charge in [0.1, 0.15) is 25.2 Å². The van der Waals surface area contributed by atoms with Gasteiger partial charge in [0.2, 0.25) is 5.91 Å². The minimum absolute atomic E-state index is 0.0307. The maximum absolute atomic E-state index is 14.3. The topological polar surface area (TPSA) is 147 Å². The fourth-order valence-electron chi connectivity index (χ4n) is 7.23. The molecule has 14 nitrogen and oxygen atoms in total. The van der Waals surface area contributed by atoms with Crippen LogP contribution in [-0.2, 0) is 22.3 Å². The largest absolute Gasteiger partial charge is 0.489 e. The van der Waals surface area contributed by atoms with E-state index in [-0.39, 0.29) is 75.2 Å². The fraction of sp³-hybridized carbons (Fsp3) is 0.432. The molecule has 1 N–H and O–H groups in total. The van der Waals surface area contributed by atoms with Crippen LogP contribution in [0.15, 0.2) is 47.7 Å². The fourth-order valence-corrected chi connectivity index (χ4v) is 7.23. The molecule has 0 saturated heterocycles. The highest BCUT2D eigenvalue weighted by molar-refractivity contribution is 6.01. The number of aryl methyl sites for hydroxylation is 2. The molecule has 7 rings (SSSR count). The van der Waals surface area contributed by atoms with Gasteiger partial charge in [-0.25, -0.2) is 19.9 Å². The van der Waals surface area contributed by atoms with Crippen molar-refractivity contribution in [1.82, 2.24) is 34.7 Å². The molecule has 302 valence electrons. The number of anilines is 3. The molecule has 6 heterocycles. The summed E-state index contributed by atoms with van der Waals surface area (Å²) in [5, 5.41) is 6.25. The molecular formula is C37H38F6N10O4. The molecule has 0 unspecified atom stereocenters. The summed E-state index contributed by atoms with van der Waals surface area (Å²) in [5.41, 5.74) is 0.0330. The number of benzene rings is 1. The first-order valence-corrected chi connectivity index (χ1v) is 18.3. The Labute approximate surface area is 321 Å². The summed E-state index contributed by atoms with van der Waals surface area (Å²) in [6, 6.07) is 5.86. The van der Waals surface area contributed by atoms with Crippen molar-refractivity contribution in [1.29, 1.82) is 0 Å². The Bertz CT molecular complexity index is 2330. The second-order valence-electron chi connectivity index (χ2n) is 13.5. The second kappa shape index (κ2) is 15.6. The van der Waals surface area contributed by atoms with E-state index in [0.29, 0.717) is 47.2 Å². The van der Waals surface area contributed by atoms with Crippen molar-refractivity contribution >= 4 is 34.1 Å². The Balaban J connectivity index is 1.05. The van der Waals surface area contributed by atoms with Gasteiger partial charge >= 0.3 is 12.4 Å². The average Bonchev–Trinajstić information content (AvgIpc) is 3.71. The molecule has 1 atom stereocenters. The van der Waals surface area contributed by atoms with Crippen molar-refractivity contribution in [2.45, 2.75) is 58.6 Å². The summed E-state index contributed by atoms with van der Waals surface area (Å²) in [6.07, 6.45) is -6.05. The van der Waals surface area contributed by atoms with E-state index >= 15 is 0 Å². The van der Waals surface area contributed by atoms with Crippen molar-refractivity contribution in [3.05, 3.63) is 64.5 Å². The summed E-state index contributed by atoms with van der Waals surface area (Å²) in [6.45, 7) is 4.57. The lowest BCUT2D eigenvalue weighted by Crippen LogP contribution is -2.47. The number of hydrogen-bond acceptors (Lipinski definition) is 11. The van der Waals surface area contributed by atoms with Gasteiger partial charge in [-0.05, 0) is 51.0 Å². The highest BCUT2D eigenvalue weighted by Gasteiger charge is 2.41. The normalized spacial score (nSPS) is 15.9. The number of amides is 1. The van der Waals surface area contributed by atoms with E-state index < -0.39 is 41.4 Å². The zero-order valence-electron chi connectivity index (χ0n) is 31.1. The van der Waals surface area contributed by atoms with Gasteiger partial charge in [0.15, 0.2) is 23.2 Å².